The first-order chi connectivity index (χ1) is 6.83. The van der Waals surface area contributed by atoms with Crippen molar-refractivity contribution in [2.45, 2.75) is 0 Å². The maximum atomic E-state index is 4.40. The van der Waals surface area contributed by atoms with E-state index in [1.165, 1.54) is 0 Å². The lowest BCUT2D eigenvalue weighted by Gasteiger charge is -2.00. The lowest BCUT2D eigenvalue weighted by Crippen LogP contribution is -1.90. The Morgan fingerprint density at radius 1 is 1.36 bits per heavy atom. The summed E-state index contributed by atoms with van der Waals surface area (Å²) in [5.74, 6) is 0. The fourth-order valence-corrected chi connectivity index (χ4v) is 1.65. The number of fused-ring (bicyclic) bond motifs is 1. The maximum absolute atomic E-state index is 4.40. The smallest absolute Gasteiger partial charge is 0.155 e. The van der Waals surface area contributed by atoms with Crippen molar-refractivity contribution in [1.29, 1.82) is 0 Å². The van der Waals surface area contributed by atoms with E-state index >= 15 is 0 Å². The fourth-order valence-electron chi connectivity index (χ4n) is 1.36. The summed E-state index contributed by atoms with van der Waals surface area (Å²) in [5.41, 5.74) is 2.99. The van der Waals surface area contributed by atoms with Crippen LogP contribution in [0.2, 0.25) is 0 Å². The largest absolute Gasteiger partial charge is 0.236 e. The topological polar surface area (TPSA) is 30.2 Å². The van der Waals surface area contributed by atoms with Crippen LogP contribution in [0.3, 0.4) is 0 Å². The highest BCUT2D eigenvalue weighted by Crippen LogP contribution is 2.21. The van der Waals surface area contributed by atoms with E-state index in [9.17, 15) is 0 Å². The number of halogens is 1. The van der Waals surface area contributed by atoms with Crippen LogP contribution in [0, 0.1) is 0 Å². The molecular weight excluding hydrogens is 242 g/mol. The summed E-state index contributed by atoms with van der Waals surface area (Å²) < 4.78 is 2.70. The van der Waals surface area contributed by atoms with Crippen LogP contribution in [0.4, 0.5) is 0 Å². The van der Waals surface area contributed by atoms with Crippen molar-refractivity contribution in [3.8, 4) is 0 Å². The molecule has 0 saturated carbocycles. The van der Waals surface area contributed by atoms with Gasteiger partial charge in [0.2, 0.25) is 0 Å². The minimum absolute atomic E-state index is 0.865. The van der Waals surface area contributed by atoms with Crippen molar-refractivity contribution in [3.05, 3.63) is 46.9 Å². The van der Waals surface area contributed by atoms with E-state index in [0.29, 0.717) is 0 Å². The van der Waals surface area contributed by atoms with Crippen LogP contribution in [0.1, 0.15) is 5.69 Å². The SMILES string of the molecule is Brc1cnc2cc(C3=CC=C3)nn2c1. The second-order valence-electron chi connectivity index (χ2n) is 3.09. The normalized spacial score (nSPS) is 14.2. The molecule has 0 N–H and O–H groups in total. The Kier molecular flexibility index (Phi) is 1.58. The molecule has 68 valence electrons. The van der Waals surface area contributed by atoms with E-state index in [-0.39, 0.29) is 0 Å². The molecular formula is C10H6BrN3. The van der Waals surface area contributed by atoms with Crippen LogP contribution in [-0.4, -0.2) is 14.6 Å². The van der Waals surface area contributed by atoms with Gasteiger partial charge in [0.05, 0.1) is 10.2 Å². The minimum atomic E-state index is 0.865. The van der Waals surface area contributed by atoms with Crippen molar-refractivity contribution >= 4 is 27.2 Å². The molecule has 0 saturated heterocycles. The van der Waals surface area contributed by atoms with Crippen LogP contribution in [0.25, 0.3) is 11.2 Å². The standard InChI is InChI=1S/C10H6BrN3/c11-8-5-12-10-4-9(7-2-1-3-7)13-14(10)6-8/h1-6H. The van der Waals surface area contributed by atoms with E-state index in [1.807, 2.05) is 30.5 Å². The molecule has 1 aliphatic carbocycles. The van der Waals surface area contributed by atoms with Gasteiger partial charge in [0, 0.05) is 24.0 Å². The highest BCUT2D eigenvalue weighted by molar-refractivity contribution is 9.10. The Bertz CT molecular complexity index is 566. The van der Waals surface area contributed by atoms with E-state index in [2.05, 4.69) is 26.0 Å². The molecule has 0 bridgehead atoms. The predicted molar refractivity (Wildman–Crippen MR) is 57.8 cm³/mol. The fraction of sp³-hybridized carbons (Fsp3) is 0. The minimum Gasteiger partial charge on any atom is -0.236 e. The summed E-state index contributed by atoms with van der Waals surface area (Å²) in [6, 6.07) is 1.97. The number of allylic oxidation sites excluding steroid dienone is 4. The quantitative estimate of drug-likeness (QED) is 0.775. The van der Waals surface area contributed by atoms with E-state index < -0.39 is 0 Å². The molecule has 0 atom stereocenters. The molecule has 0 unspecified atom stereocenters. The van der Waals surface area contributed by atoms with Gasteiger partial charge in [0.15, 0.2) is 5.65 Å². The van der Waals surface area contributed by atoms with Gasteiger partial charge in [-0.2, -0.15) is 5.10 Å². The molecule has 14 heavy (non-hydrogen) atoms. The summed E-state index contributed by atoms with van der Waals surface area (Å²) in [6.07, 6.45) is 9.75. The molecule has 2 aromatic rings. The molecule has 3 rings (SSSR count). The van der Waals surface area contributed by atoms with Gasteiger partial charge in [-0.25, -0.2) is 9.50 Å². The van der Waals surface area contributed by atoms with E-state index in [0.717, 1.165) is 21.4 Å². The Hall–Kier alpha value is -1.42. The van der Waals surface area contributed by atoms with E-state index in [4.69, 9.17) is 0 Å². The van der Waals surface area contributed by atoms with Crippen molar-refractivity contribution in [1.82, 2.24) is 14.6 Å². The van der Waals surface area contributed by atoms with Gasteiger partial charge in [-0.15, -0.1) is 0 Å². The molecule has 1 aliphatic rings. The van der Waals surface area contributed by atoms with Crippen LogP contribution in [-0.2, 0) is 0 Å². The van der Waals surface area contributed by atoms with Crippen molar-refractivity contribution in [2.24, 2.45) is 0 Å². The van der Waals surface area contributed by atoms with Crippen molar-refractivity contribution in [3.63, 3.8) is 0 Å². The molecule has 0 aliphatic heterocycles. The number of rotatable bonds is 1. The van der Waals surface area contributed by atoms with Gasteiger partial charge in [0.25, 0.3) is 0 Å². The lowest BCUT2D eigenvalue weighted by molar-refractivity contribution is 0.925. The molecule has 0 radical (unpaired) electrons. The first-order valence-electron chi connectivity index (χ1n) is 4.22. The molecule has 4 heteroatoms. The Labute approximate surface area is 88.9 Å². The number of hydrogen-bond donors (Lipinski definition) is 0. The maximum Gasteiger partial charge on any atom is 0.155 e. The Morgan fingerprint density at radius 2 is 2.21 bits per heavy atom. The Balaban J connectivity index is 2.20. The molecule has 3 nitrogen and oxygen atoms in total. The Morgan fingerprint density at radius 3 is 2.93 bits per heavy atom. The van der Waals surface area contributed by atoms with Gasteiger partial charge < -0.3 is 0 Å². The van der Waals surface area contributed by atoms with Gasteiger partial charge in [-0.1, -0.05) is 18.2 Å². The van der Waals surface area contributed by atoms with E-state index in [1.54, 1.807) is 10.7 Å². The first kappa shape index (κ1) is 7.94. The van der Waals surface area contributed by atoms with Crippen LogP contribution >= 0.6 is 15.9 Å². The summed E-state index contributed by atoms with van der Waals surface area (Å²) >= 11 is 3.36. The van der Waals surface area contributed by atoms with Gasteiger partial charge in [-0.3, -0.25) is 0 Å². The number of aromatic nitrogens is 3. The monoisotopic (exact) mass is 247 g/mol. The molecule has 2 aromatic heterocycles. The van der Waals surface area contributed by atoms with Crippen LogP contribution < -0.4 is 0 Å². The lowest BCUT2D eigenvalue weighted by atomic mass is 10.1. The zero-order valence-corrected chi connectivity index (χ0v) is 8.77. The van der Waals surface area contributed by atoms with Gasteiger partial charge in [-0.05, 0) is 15.9 Å². The zero-order chi connectivity index (χ0) is 9.54. The van der Waals surface area contributed by atoms with Gasteiger partial charge in [0.1, 0.15) is 0 Å². The first-order valence-corrected chi connectivity index (χ1v) is 5.02. The molecule has 0 spiro atoms. The average Bonchev–Trinajstić information content (AvgIpc) is 2.43. The molecule has 2 heterocycles. The summed E-state index contributed by atoms with van der Waals surface area (Å²) in [6.45, 7) is 0. The number of nitrogens with zero attached hydrogens (tertiary/aromatic N) is 3. The third kappa shape index (κ3) is 1.11. The zero-order valence-electron chi connectivity index (χ0n) is 7.18. The number of hydrogen-bond acceptors (Lipinski definition) is 2. The third-order valence-corrected chi connectivity index (χ3v) is 2.54. The summed E-state index contributed by atoms with van der Waals surface area (Å²) in [7, 11) is 0. The van der Waals surface area contributed by atoms with Crippen LogP contribution in [0.5, 0.6) is 0 Å². The average molecular weight is 248 g/mol. The highest BCUT2D eigenvalue weighted by atomic mass is 79.9. The second-order valence-corrected chi connectivity index (χ2v) is 4.00. The van der Waals surface area contributed by atoms with Crippen LogP contribution in [0.15, 0.2) is 41.2 Å². The molecule has 0 aromatic carbocycles. The van der Waals surface area contributed by atoms with Crippen molar-refractivity contribution < 1.29 is 0 Å². The summed E-state index contributed by atoms with van der Waals surface area (Å²) in [5, 5.41) is 4.40. The van der Waals surface area contributed by atoms with Gasteiger partial charge >= 0.3 is 0 Å². The van der Waals surface area contributed by atoms with Crippen molar-refractivity contribution in [2.75, 3.05) is 0 Å². The third-order valence-electron chi connectivity index (χ3n) is 2.13. The highest BCUT2D eigenvalue weighted by Gasteiger charge is 2.08. The summed E-state index contributed by atoms with van der Waals surface area (Å²) in [4.78, 5) is 4.24. The second kappa shape index (κ2) is 2.78. The molecule has 0 amide bonds. The predicted octanol–water partition coefficient (Wildman–Crippen LogP) is 2.44. The molecule has 0 fully saturated rings.